The smallest absolute Gasteiger partial charge is 0.354 e. The maximum atomic E-state index is 13.0. The summed E-state index contributed by atoms with van der Waals surface area (Å²) in [4.78, 5) is 24.4. The Morgan fingerprint density at radius 1 is 1.27 bits per heavy atom. The van der Waals surface area contributed by atoms with E-state index >= 15 is 0 Å². The number of hydrogen-bond acceptors (Lipinski definition) is 3. The van der Waals surface area contributed by atoms with Crippen molar-refractivity contribution in [1.82, 2.24) is 20.4 Å². The second-order valence-corrected chi connectivity index (χ2v) is 5.99. The molecule has 9 heteroatoms. The molecule has 6 nitrogen and oxygen atoms in total. The quantitative estimate of drug-likeness (QED) is 0.875. The highest BCUT2D eigenvalue weighted by atomic mass is 19.4. The molecule has 1 fully saturated rings. The van der Waals surface area contributed by atoms with E-state index in [-0.39, 0.29) is 17.2 Å². The second-order valence-electron chi connectivity index (χ2n) is 5.99. The molecule has 1 aromatic carbocycles. The molecular formula is C17H17F3N4O2. The Balaban J connectivity index is 1.82. The van der Waals surface area contributed by atoms with Gasteiger partial charge >= 0.3 is 6.18 Å². The number of benzene rings is 1. The molecule has 1 aliphatic rings. The van der Waals surface area contributed by atoms with Crippen LogP contribution in [0.5, 0.6) is 0 Å². The third kappa shape index (κ3) is 3.87. The normalized spacial score (nSPS) is 18.1. The molecule has 0 radical (unpaired) electrons. The Morgan fingerprint density at radius 3 is 2.85 bits per heavy atom. The minimum Gasteiger partial charge on any atom is -0.354 e. The average molecular weight is 366 g/mol. The van der Waals surface area contributed by atoms with Crippen molar-refractivity contribution < 1.29 is 22.8 Å². The molecule has 0 saturated carbocycles. The highest BCUT2D eigenvalue weighted by molar-refractivity contribution is 5.98. The van der Waals surface area contributed by atoms with Gasteiger partial charge in [-0.1, -0.05) is 6.07 Å². The fourth-order valence-electron chi connectivity index (χ4n) is 2.82. The van der Waals surface area contributed by atoms with Gasteiger partial charge in [0.2, 0.25) is 5.91 Å². The molecule has 3 rings (SSSR count). The highest BCUT2D eigenvalue weighted by Gasteiger charge is 2.35. The van der Waals surface area contributed by atoms with E-state index in [0.717, 1.165) is 29.8 Å². The summed E-state index contributed by atoms with van der Waals surface area (Å²) in [7, 11) is 0. The molecule has 2 amide bonds. The van der Waals surface area contributed by atoms with Crippen molar-refractivity contribution in [3.8, 4) is 5.69 Å². The van der Waals surface area contributed by atoms with Gasteiger partial charge in [0.25, 0.3) is 5.91 Å². The van der Waals surface area contributed by atoms with Crippen molar-refractivity contribution in [2.24, 2.45) is 0 Å². The van der Waals surface area contributed by atoms with Crippen molar-refractivity contribution in [3.05, 3.63) is 47.8 Å². The summed E-state index contributed by atoms with van der Waals surface area (Å²) in [5, 5.41) is 9.05. The van der Waals surface area contributed by atoms with Crippen LogP contribution in [0.25, 0.3) is 5.69 Å². The van der Waals surface area contributed by atoms with E-state index in [1.54, 1.807) is 0 Å². The maximum absolute atomic E-state index is 13.0. The van der Waals surface area contributed by atoms with Gasteiger partial charge in [-0.05, 0) is 43.5 Å². The predicted octanol–water partition coefficient (Wildman–Crippen LogP) is 2.29. The topological polar surface area (TPSA) is 76.0 Å². The molecule has 1 saturated heterocycles. The van der Waals surface area contributed by atoms with E-state index in [1.807, 2.05) is 0 Å². The van der Waals surface area contributed by atoms with Crippen molar-refractivity contribution in [2.75, 3.05) is 6.54 Å². The lowest BCUT2D eigenvalue weighted by molar-refractivity contribution is -0.142. The molecule has 1 aliphatic heterocycles. The lowest BCUT2D eigenvalue weighted by Crippen LogP contribution is -2.45. The van der Waals surface area contributed by atoms with Crippen LogP contribution in [0.1, 0.15) is 35.3 Å². The summed E-state index contributed by atoms with van der Waals surface area (Å²) in [5.41, 5.74) is -0.665. The van der Waals surface area contributed by atoms with Gasteiger partial charge in [-0.3, -0.25) is 9.59 Å². The van der Waals surface area contributed by atoms with Crippen molar-refractivity contribution in [3.63, 3.8) is 0 Å². The Hall–Kier alpha value is -2.84. The first-order chi connectivity index (χ1) is 12.4. The number of aromatic nitrogens is 2. The van der Waals surface area contributed by atoms with Gasteiger partial charge in [0, 0.05) is 12.1 Å². The van der Waals surface area contributed by atoms with Crippen LogP contribution >= 0.6 is 0 Å². The van der Waals surface area contributed by atoms with Crippen molar-refractivity contribution in [2.45, 2.75) is 31.5 Å². The molecule has 0 spiro atoms. The Kier molecular flexibility index (Phi) is 4.97. The number of carbonyl (C=O) groups excluding carboxylic acids is 2. The standard InChI is InChI=1S/C17H17F3N4O2/c18-17(19,20)14-7-9-22-24(14)12-5-3-4-11(10-12)15(25)23-13-6-1-2-8-21-16(13)26/h3-5,7,9-10,13H,1-2,6,8H2,(H,21,26)(H,23,25). The van der Waals surface area contributed by atoms with Crippen LogP contribution < -0.4 is 10.6 Å². The van der Waals surface area contributed by atoms with Gasteiger partial charge in [0.05, 0.1) is 11.9 Å². The van der Waals surface area contributed by atoms with Gasteiger partial charge in [-0.15, -0.1) is 0 Å². The summed E-state index contributed by atoms with van der Waals surface area (Å²) in [5.74, 6) is -0.770. The van der Waals surface area contributed by atoms with Crippen molar-refractivity contribution in [1.29, 1.82) is 0 Å². The van der Waals surface area contributed by atoms with Crippen LogP contribution in [0, 0.1) is 0 Å². The van der Waals surface area contributed by atoms with Crippen LogP contribution in [0.4, 0.5) is 13.2 Å². The number of nitrogens with zero attached hydrogens (tertiary/aromatic N) is 2. The Morgan fingerprint density at radius 2 is 2.08 bits per heavy atom. The summed E-state index contributed by atoms with van der Waals surface area (Å²) >= 11 is 0. The number of carbonyl (C=O) groups is 2. The molecule has 0 bridgehead atoms. The lowest BCUT2D eigenvalue weighted by Gasteiger charge is -2.16. The Labute approximate surface area is 147 Å². The van der Waals surface area contributed by atoms with E-state index in [9.17, 15) is 22.8 Å². The van der Waals surface area contributed by atoms with Crippen LogP contribution in [-0.4, -0.2) is 34.2 Å². The largest absolute Gasteiger partial charge is 0.433 e. The highest BCUT2D eigenvalue weighted by Crippen LogP contribution is 2.30. The third-order valence-electron chi connectivity index (χ3n) is 4.13. The van der Waals surface area contributed by atoms with E-state index in [2.05, 4.69) is 15.7 Å². The first kappa shape index (κ1) is 18.0. The van der Waals surface area contributed by atoms with E-state index in [0.29, 0.717) is 13.0 Å². The minimum atomic E-state index is -4.56. The molecule has 26 heavy (non-hydrogen) atoms. The number of hydrogen-bond donors (Lipinski definition) is 2. The molecular weight excluding hydrogens is 349 g/mol. The van der Waals surface area contributed by atoms with Crippen LogP contribution in [0.3, 0.4) is 0 Å². The predicted molar refractivity (Wildman–Crippen MR) is 86.7 cm³/mol. The van der Waals surface area contributed by atoms with Crippen LogP contribution in [0.15, 0.2) is 36.5 Å². The van der Waals surface area contributed by atoms with Gasteiger partial charge in [-0.25, -0.2) is 4.68 Å². The number of nitrogens with one attached hydrogen (secondary N) is 2. The molecule has 2 aromatic rings. The monoisotopic (exact) mass is 366 g/mol. The van der Waals surface area contributed by atoms with Crippen LogP contribution in [-0.2, 0) is 11.0 Å². The SMILES string of the molecule is O=C(NC1CCCCNC1=O)c1cccc(-n2nccc2C(F)(F)F)c1. The molecule has 1 atom stereocenters. The second kappa shape index (κ2) is 7.19. The summed E-state index contributed by atoms with van der Waals surface area (Å²) < 4.78 is 39.8. The summed E-state index contributed by atoms with van der Waals surface area (Å²) in [6, 6.07) is 5.90. The summed E-state index contributed by atoms with van der Waals surface area (Å²) in [6.45, 7) is 0.570. The number of rotatable bonds is 3. The number of halogens is 3. The summed E-state index contributed by atoms with van der Waals surface area (Å²) in [6.07, 6.45) is -1.35. The fourth-order valence-corrected chi connectivity index (χ4v) is 2.82. The average Bonchev–Trinajstić information content (AvgIpc) is 3.02. The number of alkyl halides is 3. The molecule has 138 valence electrons. The zero-order chi connectivity index (χ0) is 18.7. The molecule has 2 N–H and O–H groups in total. The zero-order valence-electron chi connectivity index (χ0n) is 13.7. The zero-order valence-corrected chi connectivity index (χ0v) is 13.7. The van der Waals surface area contributed by atoms with Crippen molar-refractivity contribution >= 4 is 11.8 Å². The van der Waals surface area contributed by atoms with E-state index in [4.69, 9.17) is 0 Å². The maximum Gasteiger partial charge on any atom is 0.433 e. The van der Waals surface area contributed by atoms with Gasteiger partial charge < -0.3 is 10.6 Å². The molecule has 1 aromatic heterocycles. The first-order valence-corrected chi connectivity index (χ1v) is 8.16. The molecule has 2 heterocycles. The van der Waals surface area contributed by atoms with Crippen LogP contribution in [0.2, 0.25) is 0 Å². The van der Waals surface area contributed by atoms with Gasteiger partial charge in [0.1, 0.15) is 11.7 Å². The first-order valence-electron chi connectivity index (χ1n) is 8.16. The van der Waals surface area contributed by atoms with Gasteiger partial charge in [0.15, 0.2) is 0 Å². The molecule has 1 unspecified atom stereocenters. The lowest BCUT2D eigenvalue weighted by atomic mass is 10.1. The van der Waals surface area contributed by atoms with E-state index < -0.39 is 23.8 Å². The minimum absolute atomic E-state index is 0.111. The third-order valence-corrected chi connectivity index (χ3v) is 4.13. The fraction of sp³-hybridized carbons (Fsp3) is 0.353. The number of amides is 2. The molecule has 0 aliphatic carbocycles. The van der Waals surface area contributed by atoms with Gasteiger partial charge in [-0.2, -0.15) is 18.3 Å². The van der Waals surface area contributed by atoms with E-state index in [1.165, 1.54) is 24.3 Å². The Bertz CT molecular complexity index is 816.